The molecule has 5 rings (SSSR count). The van der Waals surface area contributed by atoms with Crippen molar-refractivity contribution in [3.63, 3.8) is 0 Å². The summed E-state index contributed by atoms with van der Waals surface area (Å²) in [6.07, 6.45) is 3.09. The van der Waals surface area contributed by atoms with Crippen molar-refractivity contribution in [2.45, 2.75) is 19.5 Å². The van der Waals surface area contributed by atoms with Crippen molar-refractivity contribution in [2.75, 3.05) is 21.7 Å². The topological polar surface area (TPSA) is 44.3 Å². The van der Waals surface area contributed by atoms with Gasteiger partial charge in [0.25, 0.3) is 0 Å². The van der Waals surface area contributed by atoms with Crippen LogP contribution in [0.2, 0.25) is 5.02 Å². The average Bonchev–Trinajstić information content (AvgIpc) is 2.87. The van der Waals surface area contributed by atoms with Crippen molar-refractivity contribution in [3.8, 4) is 11.3 Å². The first-order valence-corrected chi connectivity index (χ1v) is 9.69. The smallest absolute Gasteiger partial charge is 0.160 e. The molecule has 6 heteroatoms. The van der Waals surface area contributed by atoms with E-state index < -0.39 is 0 Å². The van der Waals surface area contributed by atoms with E-state index in [1.165, 1.54) is 0 Å². The van der Waals surface area contributed by atoms with E-state index in [1.54, 1.807) is 6.20 Å². The lowest BCUT2D eigenvalue weighted by atomic mass is 10.1. The summed E-state index contributed by atoms with van der Waals surface area (Å²) in [5.41, 5.74) is 4.18. The maximum absolute atomic E-state index is 6.27. The van der Waals surface area contributed by atoms with Gasteiger partial charge in [-0.2, -0.15) is 0 Å². The molecule has 140 valence electrons. The third-order valence-corrected chi connectivity index (χ3v) is 5.46. The Labute approximate surface area is 169 Å². The zero-order valence-electron chi connectivity index (χ0n) is 15.6. The van der Waals surface area contributed by atoms with Crippen LogP contribution in [0.15, 0.2) is 67.1 Å². The summed E-state index contributed by atoms with van der Waals surface area (Å²) < 4.78 is 0. The van der Waals surface area contributed by atoms with E-state index in [2.05, 4.69) is 44.9 Å². The van der Waals surface area contributed by atoms with E-state index in [4.69, 9.17) is 16.6 Å². The second-order valence-electron chi connectivity index (χ2n) is 7.18. The van der Waals surface area contributed by atoms with Gasteiger partial charge in [-0.25, -0.2) is 9.97 Å². The molecule has 0 amide bonds. The van der Waals surface area contributed by atoms with Gasteiger partial charge in [-0.1, -0.05) is 24.2 Å². The quantitative estimate of drug-likeness (QED) is 0.676. The molecule has 5 nitrogen and oxygen atoms in total. The molecule has 28 heavy (non-hydrogen) atoms. The number of nitrogens with one attached hydrogen (secondary N) is 1. The fraction of sp³-hybridized carbons (Fsp3) is 0.182. The van der Waals surface area contributed by atoms with Crippen LogP contribution in [-0.4, -0.2) is 22.7 Å². The molecule has 2 aliphatic rings. The normalized spacial score (nSPS) is 17.0. The Morgan fingerprint density at radius 3 is 2.82 bits per heavy atom. The van der Waals surface area contributed by atoms with Crippen LogP contribution in [0, 0.1) is 6.92 Å². The maximum atomic E-state index is 6.27. The van der Waals surface area contributed by atoms with Gasteiger partial charge < -0.3 is 10.2 Å². The largest absolute Gasteiger partial charge is 0.348 e. The number of hydrogen-bond acceptors (Lipinski definition) is 5. The lowest BCUT2D eigenvalue weighted by Gasteiger charge is -2.41. The first-order valence-electron chi connectivity index (χ1n) is 9.31. The Balaban J connectivity index is 1.52. The minimum atomic E-state index is 0.252. The lowest BCUT2D eigenvalue weighted by Crippen LogP contribution is -2.53. The van der Waals surface area contributed by atoms with Crippen molar-refractivity contribution in [1.82, 2.24) is 9.97 Å². The molecule has 0 radical (unpaired) electrons. The van der Waals surface area contributed by atoms with Gasteiger partial charge in [0.1, 0.15) is 17.8 Å². The Kier molecular flexibility index (Phi) is 3.98. The first-order chi connectivity index (χ1) is 13.6. The van der Waals surface area contributed by atoms with E-state index in [-0.39, 0.29) is 6.17 Å². The predicted octanol–water partition coefficient (Wildman–Crippen LogP) is 5.04. The fourth-order valence-electron chi connectivity index (χ4n) is 3.90. The number of benzene rings is 1. The van der Waals surface area contributed by atoms with Crippen LogP contribution in [0.4, 0.5) is 17.3 Å². The Bertz CT molecular complexity index is 1050. The minimum Gasteiger partial charge on any atom is -0.348 e. The molecule has 3 aromatic rings. The molecule has 0 spiro atoms. The van der Waals surface area contributed by atoms with Crippen molar-refractivity contribution in [1.29, 1.82) is 0 Å². The number of anilines is 3. The molecule has 2 aliphatic heterocycles. The monoisotopic (exact) mass is 389 g/mol. The first kappa shape index (κ1) is 17.1. The number of hydrogen-bond donors (Lipinski definition) is 1. The standard InChI is InChI=1S/C22H20ClN5/c1-14-11-16(13-17(23)12-14)18-6-7-19-22(26-18)28(21-8-10-27(19)21)15(2)25-20-5-3-4-9-24-20/h3-7,9,11-13,21H,2,8,10H2,1H3,(H,24,25). The van der Waals surface area contributed by atoms with Crippen molar-refractivity contribution in [3.05, 3.63) is 77.7 Å². The summed E-state index contributed by atoms with van der Waals surface area (Å²) >= 11 is 6.27. The SMILES string of the molecule is C=C(Nc1ccccn1)N1c2nc(-c3cc(C)cc(Cl)c3)ccc2N2CCC21. The Morgan fingerprint density at radius 2 is 2.11 bits per heavy atom. The third kappa shape index (κ3) is 2.79. The molecular formula is C22H20ClN5. The third-order valence-electron chi connectivity index (χ3n) is 5.24. The number of aryl methyl sites for hydroxylation is 1. The molecule has 1 aromatic carbocycles. The van der Waals surface area contributed by atoms with Crippen molar-refractivity contribution >= 4 is 28.9 Å². The van der Waals surface area contributed by atoms with Crippen LogP contribution in [0.1, 0.15) is 12.0 Å². The van der Waals surface area contributed by atoms with Crippen LogP contribution in [0.5, 0.6) is 0 Å². The zero-order valence-corrected chi connectivity index (χ0v) is 16.3. The summed E-state index contributed by atoms with van der Waals surface area (Å²) in [6.45, 7) is 7.34. The highest BCUT2D eigenvalue weighted by Crippen LogP contribution is 2.46. The van der Waals surface area contributed by atoms with E-state index in [0.717, 1.165) is 58.0 Å². The van der Waals surface area contributed by atoms with Crippen LogP contribution >= 0.6 is 11.6 Å². The zero-order chi connectivity index (χ0) is 19.3. The number of nitrogens with zero attached hydrogens (tertiary/aromatic N) is 4. The summed E-state index contributed by atoms with van der Waals surface area (Å²) in [7, 11) is 0. The molecule has 1 atom stereocenters. The van der Waals surface area contributed by atoms with Crippen LogP contribution in [-0.2, 0) is 0 Å². The van der Waals surface area contributed by atoms with Gasteiger partial charge in [0.05, 0.1) is 11.4 Å². The molecule has 1 unspecified atom stereocenters. The number of aromatic nitrogens is 2. The van der Waals surface area contributed by atoms with E-state index in [1.807, 2.05) is 37.3 Å². The number of halogens is 1. The van der Waals surface area contributed by atoms with Crippen LogP contribution < -0.4 is 15.1 Å². The van der Waals surface area contributed by atoms with Crippen LogP contribution in [0.25, 0.3) is 11.3 Å². The molecule has 1 saturated heterocycles. The molecular weight excluding hydrogens is 370 g/mol. The molecule has 0 bridgehead atoms. The van der Waals surface area contributed by atoms with Gasteiger partial charge in [0, 0.05) is 29.7 Å². The summed E-state index contributed by atoms with van der Waals surface area (Å²) in [5.74, 6) is 2.47. The van der Waals surface area contributed by atoms with Gasteiger partial charge in [-0.05, 0) is 55.0 Å². The van der Waals surface area contributed by atoms with Gasteiger partial charge in [0.2, 0.25) is 0 Å². The summed E-state index contributed by atoms with van der Waals surface area (Å²) in [5, 5.41) is 4.04. The minimum absolute atomic E-state index is 0.252. The van der Waals surface area contributed by atoms with Gasteiger partial charge in [0.15, 0.2) is 5.82 Å². The van der Waals surface area contributed by atoms with Crippen molar-refractivity contribution in [2.24, 2.45) is 0 Å². The fourth-order valence-corrected chi connectivity index (χ4v) is 4.19. The Morgan fingerprint density at radius 1 is 1.21 bits per heavy atom. The maximum Gasteiger partial charge on any atom is 0.160 e. The Hall–Kier alpha value is -3.05. The van der Waals surface area contributed by atoms with Gasteiger partial charge >= 0.3 is 0 Å². The number of pyridine rings is 2. The molecule has 4 heterocycles. The average molecular weight is 390 g/mol. The van der Waals surface area contributed by atoms with E-state index in [0.29, 0.717) is 0 Å². The molecule has 1 fully saturated rings. The highest BCUT2D eigenvalue weighted by Gasteiger charge is 2.44. The van der Waals surface area contributed by atoms with E-state index in [9.17, 15) is 0 Å². The van der Waals surface area contributed by atoms with Crippen molar-refractivity contribution < 1.29 is 0 Å². The van der Waals surface area contributed by atoms with Gasteiger partial charge in [-0.3, -0.25) is 4.90 Å². The summed E-state index contributed by atoms with van der Waals surface area (Å²) in [4.78, 5) is 13.9. The molecule has 1 N–H and O–H groups in total. The molecule has 2 aromatic heterocycles. The predicted molar refractivity (Wildman–Crippen MR) is 115 cm³/mol. The highest BCUT2D eigenvalue weighted by atomic mass is 35.5. The highest BCUT2D eigenvalue weighted by molar-refractivity contribution is 6.30. The van der Waals surface area contributed by atoms with E-state index >= 15 is 0 Å². The number of fused-ring (bicyclic) bond motifs is 3. The summed E-state index contributed by atoms with van der Waals surface area (Å²) in [6, 6.07) is 16.0. The molecule has 0 aliphatic carbocycles. The van der Waals surface area contributed by atoms with Gasteiger partial charge in [-0.15, -0.1) is 0 Å². The second-order valence-corrected chi connectivity index (χ2v) is 7.61. The van der Waals surface area contributed by atoms with Crippen LogP contribution in [0.3, 0.4) is 0 Å². The number of rotatable bonds is 4. The molecule has 0 saturated carbocycles. The second kappa shape index (κ2) is 6.53. The lowest BCUT2D eigenvalue weighted by molar-refractivity contribution is 0.468.